The summed E-state index contributed by atoms with van der Waals surface area (Å²) in [6.45, 7) is 13.1. The van der Waals surface area contributed by atoms with Crippen molar-refractivity contribution in [2.75, 3.05) is 19.6 Å². The van der Waals surface area contributed by atoms with Gasteiger partial charge < -0.3 is 4.90 Å². The van der Waals surface area contributed by atoms with E-state index in [0.29, 0.717) is 24.5 Å². The van der Waals surface area contributed by atoms with Crippen molar-refractivity contribution in [3.8, 4) is 0 Å². The van der Waals surface area contributed by atoms with E-state index in [9.17, 15) is 4.79 Å². The molecule has 0 saturated heterocycles. The molecule has 1 unspecified atom stereocenters. The van der Waals surface area contributed by atoms with Crippen LogP contribution in [-0.4, -0.2) is 47.4 Å². The second-order valence-electron chi connectivity index (χ2n) is 5.45. The first-order valence-electron chi connectivity index (χ1n) is 7.04. The Hall–Kier alpha value is -0.570. The van der Waals surface area contributed by atoms with Crippen molar-refractivity contribution in [2.24, 2.45) is 5.92 Å². The number of carbonyl (C=O) groups excluding carboxylic acids is 1. The van der Waals surface area contributed by atoms with Crippen LogP contribution in [0.5, 0.6) is 0 Å². The van der Waals surface area contributed by atoms with Gasteiger partial charge in [-0.25, -0.2) is 0 Å². The van der Waals surface area contributed by atoms with Gasteiger partial charge in [-0.2, -0.15) is 0 Å². The van der Waals surface area contributed by atoms with E-state index in [1.165, 1.54) is 12.8 Å². The molecule has 0 bridgehead atoms. The van der Waals surface area contributed by atoms with E-state index in [1.807, 2.05) is 4.90 Å². The quantitative estimate of drug-likeness (QED) is 0.682. The minimum Gasteiger partial charge on any atom is -0.342 e. The van der Waals surface area contributed by atoms with E-state index in [4.69, 9.17) is 0 Å². The van der Waals surface area contributed by atoms with Gasteiger partial charge in [0.1, 0.15) is 0 Å². The lowest BCUT2D eigenvalue weighted by Gasteiger charge is -2.33. The Labute approximate surface area is 106 Å². The van der Waals surface area contributed by atoms with Crippen LogP contribution in [0.3, 0.4) is 0 Å². The lowest BCUT2D eigenvalue weighted by Crippen LogP contribution is -2.46. The molecule has 3 nitrogen and oxygen atoms in total. The Morgan fingerprint density at radius 1 is 1.18 bits per heavy atom. The summed E-state index contributed by atoms with van der Waals surface area (Å²) in [5, 5.41) is 0. The fourth-order valence-electron chi connectivity index (χ4n) is 2.23. The smallest absolute Gasteiger partial charge is 0.236 e. The van der Waals surface area contributed by atoms with Gasteiger partial charge in [0.25, 0.3) is 0 Å². The van der Waals surface area contributed by atoms with Crippen LogP contribution in [0.15, 0.2) is 0 Å². The molecular weight excluding hydrogens is 212 g/mol. The van der Waals surface area contributed by atoms with E-state index in [1.54, 1.807) is 0 Å². The first kappa shape index (κ1) is 14.5. The molecular formula is C14H28N2O. The van der Waals surface area contributed by atoms with Gasteiger partial charge in [-0.3, -0.25) is 9.69 Å². The van der Waals surface area contributed by atoms with Crippen LogP contribution >= 0.6 is 0 Å². The molecule has 1 fully saturated rings. The number of nitrogens with zero attached hydrogens (tertiary/aromatic N) is 2. The minimum absolute atomic E-state index is 0.286. The highest BCUT2D eigenvalue weighted by Gasteiger charge is 2.34. The average Bonchev–Trinajstić information content (AvgIpc) is 3.10. The summed E-state index contributed by atoms with van der Waals surface area (Å²) < 4.78 is 0. The van der Waals surface area contributed by atoms with Gasteiger partial charge in [0.2, 0.25) is 5.91 Å². The highest BCUT2D eigenvalue weighted by atomic mass is 16.2. The summed E-state index contributed by atoms with van der Waals surface area (Å²) >= 11 is 0. The Balaban J connectivity index is 2.57. The van der Waals surface area contributed by atoms with E-state index in [0.717, 1.165) is 13.1 Å². The van der Waals surface area contributed by atoms with Gasteiger partial charge in [-0.05, 0) is 39.5 Å². The molecule has 1 aliphatic carbocycles. The molecule has 0 aliphatic heterocycles. The van der Waals surface area contributed by atoms with Crippen LogP contribution in [0, 0.1) is 5.92 Å². The molecule has 17 heavy (non-hydrogen) atoms. The monoisotopic (exact) mass is 240 g/mol. The third kappa shape index (κ3) is 3.98. The molecule has 0 heterocycles. The summed E-state index contributed by atoms with van der Waals surface area (Å²) in [5.74, 6) is 0.898. The average molecular weight is 240 g/mol. The molecule has 3 heteroatoms. The molecule has 0 spiro atoms. The van der Waals surface area contributed by atoms with Crippen molar-refractivity contribution in [3.05, 3.63) is 0 Å². The van der Waals surface area contributed by atoms with Crippen molar-refractivity contribution >= 4 is 5.91 Å². The standard InChI is InChI=1S/C14H28N2O/c1-6-15(7-2)14(17)10-16(13-8-9-13)12(5)11(3)4/h11-13H,6-10H2,1-5H3. The van der Waals surface area contributed by atoms with Gasteiger partial charge in [0, 0.05) is 25.2 Å². The SMILES string of the molecule is CCN(CC)C(=O)CN(C1CC1)C(C)C(C)C. The molecule has 1 atom stereocenters. The third-order valence-corrected chi connectivity index (χ3v) is 3.94. The largest absolute Gasteiger partial charge is 0.342 e. The fourth-order valence-corrected chi connectivity index (χ4v) is 2.23. The lowest BCUT2D eigenvalue weighted by molar-refractivity contribution is -0.133. The Morgan fingerprint density at radius 3 is 2.06 bits per heavy atom. The summed E-state index contributed by atoms with van der Waals surface area (Å²) in [6.07, 6.45) is 2.53. The minimum atomic E-state index is 0.286. The van der Waals surface area contributed by atoms with Crippen LogP contribution in [-0.2, 0) is 4.79 Å². The highest BCUT2D eigenvalue weighted by molar-refractivity contribution is 5.78. The Morgan fingerprint density at radius 2 is 1.71 bits per heavy atom. The van der Waals surface area contributed by atoms with E-state index < -0.39 is 0 Å². The Bertz CT molecular complexity index is 245. The Kier molecular flexibility index (Phi) is 5.44. The first-order chi connectivity index (χ1) is 8.01. The first-order valence-corrected chi connectivity index (χ1v) is 7.04. The summed E-state index contributed by atoms with van der Waals surface area (Å²) in [6, 6.07) is 1.16. The van der Waals surface area contributed by atoms with Crippen molar-refractivity contribution in [1.82, 2.24) is 9.80 Å². The number of hydrogen-bond acceptors (Lipinski definition) is 2. The number of carbonyl (C=O) groups is 1. The molecule has 1 amide bonds. The zero-order valence-corrected chi connectivity index (χ0v) is 12.1. The molecule has 0 N–H and O–H groups in total. The van der Waals surface area contributed by atoms with Crippen molar-refractivity contribution < 1.29 is 4.79 Å². The van der Waals surface area contributed by atoms with E-state index >= 15 is 0 Å². The summed E-state index contributed by atoms with van der Waals surface area (Å²) in [4.78, 5) is 16.5. The molecule has 0 aromatic heterocycles. The maximum atomic E-state index is 12.2. The molecule has 0 aromatic carbocycles. The van der Waals surface area contributed by atoms with Crippen LogP contribution in [0.25, 0.3) is 0 Å². The van der Waals surface area contributed by atoms with Gasteiger partial charge in [0.05, 0.1) is 6.54 Å². The summed E-state index contributed by atoms with van der Waals surface area (Å²) in [5.41, 5.74) is 0. The zero-order chi connectivity index (χ0) is 13.0. The second-order valence-corrected chi connectivity index (χ2v) is 5.45. The van der Waals surface area contributed by atoms with Crippen molar-refractivity contribution in [1.29, 1.82) is 0 Å². The number of hydrogen-bond donors (Lipinski definition) is 0. The molecule has 0 aromatic rings. The number of rotatable bonds is 7. The van der Waals surface area contributed by atoms with Crippen LogP contribution in [0.2, 0.25) is 0 Å². The molecule has 1 rings (SSSR count). The van der Waals surface area contributed by atoms with E-state index in [2.05, 4.69) is 39.5 Å². The zero-order valence-electron chi connectivity index (χ0n) is 12.1. The number of likely N-dealkylation sites (N-methyl/N-ethyl adjacent to an activating group) is 1. The maximum absolute atomic E-state index is 12.2. The predicted molar refractivity (Wildman–Crippen MR) is 72.0 cm³/mol. The third-order valence-electron chi connectivity index (χ3n) is 3.94. The van der Waals surface area contributed by atoms with E-state index in [-0.39, 0.29) is 5.91 Å². The van der Waals surface area contributed by atoms with Gasteiger partial charge >= 0.3 is 0 Å². The van der Waals surface area contributed by atoms with Crippen LogP contribution in [0.1, 0.15) is 47.5 Å². The topological polar surface area (TPSA) is 23.6 Å². The second kappa shape index (κ2) is 6.39. The summed E-state index contributed by atoms with van der Waals surface area (Å²) in [7, 11) is 0. The van der Waals surface area contributed by atoms with Crippen molar-refractivity contribution in [2.45, 2.75) is 59.5 Å². The highest BCUT2D eigenvalue weighted by Crippen LogP contribution is 2.30. The fraction of sp³-hybridized carbons (Fsp3) is 0.929. The molecule has 1 aliphatic rings. The van der Waals surface area contributed by atoms with Crippen molar-refractivity contribution in [3.63, 3.8) is 0 Å². The number of amides is 1. The van der Waals surface area contributed by atoms with Crippen LogP contribution in [0.4, 0.5) is 0 Å². The van der Waals surface area contributed by atoms with Gasteiger partial charge in [0.15, 0.2) is 0 Å². The van der Waals surface area contributed by atoms with Crippen LogP contribution < -0.4 is 0 Å². The normalized spacial score (nSPS) is 17.6. The predicted octanol–water partition coefficient (Wildman–Crippen LogP) is 2.36. The molecule has 0 radical (unpaired) electrons. The van der Waals surface area contributed by atoms with Gasteiger partial charge in [-0.15, -0.1) is 0 Å². The van der Waals surface area contributed by atoms with Gasteiger partial charge in [-0.1, -0.05) is 13.8 Å². The molecule has 100 valence electrons. The lowest BCUT2D eigenvalue weighted by atomic mass is 10.0. The maximum Gasteiger partial charge on any atom is 0.236 e. The molecule has 1 saturated carbocycles.